The van der Waals surface area contributed by atoms with Gasteiger partial charge in [-0.2, -0.15) is 0 Å². The minimum absolute atomic E-state index is 0.149. The summed E-state index contributed by atoms with van der Waals surface area (Å²) in [5, 5.41) is 15.7. The van der Waals surface area contributed by atoms with E-state index in [0.717, 1.165) is 10.9 Å². The van der Waals surface area contributed by atoms with E-state index >= 15 is 0 Å². The molecule has 0 aliphatic carbocycles. The Morgan fingerprint density at radius 2 is 2.12 bits per heavy atom. The van der Waals surface area contributed by atoms with Gasteiger partial charge in [0.25, 0.3) is 5.91 Å². The average Bonchev–Trinajstić information content (AvgIpc) is 3.49. The van der Waals surface area contributed by atoms with Gasteiger partial charge in [0.05, 0.1) is 13.2 Å². The number of hydrogen-bond donors (Lipinski definition) is 4. The number of amides is 3. The van der Waals surface area contributed by atoms with Crippen LogP contribution < -0.4 is 15.4 Å². The zero-order valence-corrected chi connectivity index (χ0v) is 18.6. The van der Waals surface area contributed by atoms with Gasteiger partial charge in [0.2, 0.25) is 11.8 Å². The Morgan fingerprint density at radius 1 is 1.33 bits per heavy atom. The van der Waals surface area contributed by atoms with E-state index in [1.807, 2.05) is 12.1 Å². The molecule has 4 rings (SSSR count). The van der Waals surface area contributed by atoms with Crippen LogP contribution in [0.25, 0.3) is 10.9 Å². The molecule has 0 saturated carbocycles. The van der Waals surface area contributed by atoms with Gasteiger partial charge in [0, 0.05) is 29.4 Å². The van der Waals surface area contributed by atoms with Gasteiger partial charge in [-0.25, -0.2) is 0 Å². The Hall–Kier alpha value is -3.40. The topological polar surface area (TPSA) is 141 Å². The Bertz CT molecular complexity index is 1100. The number of likely N-dealkylation sites (tertiary alicyclic amines) is 1. The molecule has 1 aromatic carbocycles. The maximum absolute atomic E-state index is 13.2. The molecule has 2 aliphatic heterocycles. The number of rotatable bonds is 8. The maximum atomic E-state index is 13.2. The van der Waals surface area contributed by atoms with Gasteiger partial charge in [-0.15, -0.1) is 0 Å². The third kappa shape index (κ3) is 4.30. The molecule has 4 atom stereocenters. The number of nitrogens with zero attached hydrogens (tertiary/aromatic N) is 1. The summed E-state index contributed by atoms with van der Waals surface area (Å²) in [5.41, 5.74) is 1.02. The van der Waals surface area contributed by atoms with E-state index in [-0.39, 0.29) is 24.3 Å². The van der Waals surface area contributed by atoms with Crippen molar-refractivity contribution in [3.05, 3.63) is 30.0 Å². The van der Waals surface area contributed by atoms with E-state index < -0.39 is 36.3 Å². The summed E-state index contributed by atoms with van der Waals surface area (Å²) in [4.78, 5) is 55.1. The van der Waals surface area contributed by atoms with Crippen LogP contribution in [0.1, 0.15) is 36.7 Å². The van der Waals surface area contributed by atoms with Crippen molar-refractivity contribution in [1.82, 2.24) is 20.5 Å². The lowest BCUT2D eigenvalue weighted by molar-refractivity contribution is -0.141. The van der Waals surface area contributed by atoms with Gasteiger partial charge in [-0.05, 0) is 44.4 Å². The second kappa shape index (κ2) is 9.22. The van der Waals surface area contributed by atoms with Gasteiger partial charge in [-0.3, -0.25) is 19.2 Å². The van der Waals surface area contributed by atoms with Crippen molar-refractivity contribution in [3.8, 4) is 5.75 Å². The van der Waals surface area contributed by atoms with E-state index in [4.69, 9.17) is 4.74 Å². The van der Waals surface area contributed by atoms with Crippen LogP contribution in [-0.4, -0.2) is 76.9 Å². The van der Waals surface area contributed by atoms with Crippen LogP contribution in [0.15, 0.2) is 24.3 Å². The van der Waals surface area contributed by atoms with Gasteiger partial charge in [0.15, 0.2) is 5.78 Å². The van der Waals surface area contributed by atoms with Crippen molar-refractivity contribution < 1.29 is 29.0 Å². The molecule has 10 nitrogen and oxygen atoms in total. The molecule has 2 fully saturated rings. The van der Waals surface area contributed by atoms with Crippen LogP contribution in [0.3, 0.4) is 0 Å². The lowest BCUT2D eigenvalue weighted by atomic mass is 9.94. The average molecular weight is 456 g/mol. The Morgan fingerprint density at radius 3 is 2.79 bits per heavy atom. The number of aromatic amines is 1. The van der Waals surface area contributed by atoms with Crippen LogP contribution in [0.5, 0.6) is 5.75 Å². The third-order valence-electron chi connectivity index (χ3n) is 6.53. The number of ketones is 1. The van der Waals surface area contributed by atoms with Gasteiger partial charge < -0.3 is 30.4 Å². The molecule has 3 amide bonds. The summed E-state index contributed by atoms with van der Waals surface area (Å²) in [7, 11) is 1.55. The second-order valence-corrected chi connectivity index (χ2v) is 8.61. The highest BCUT2D eigenvalue weighted by atomic mass is 16.5. The highest BCUT2D eigenvalue weighted by Crippen LogP contribution is 2.29. The highest BCUT2D eigenvalue weighted by Gasteiger charge is 2.45. The Balaban J connectivity index is 1.51. The molecular formula is C23H28N4O6. The van der Waals surface area contributed by atoms with Crippen molar-refractivity contribution in [2.45, 2.75) is 44.3 Å². The molecule has 4 N–H and O–H groups in total. The van der Waals surface area contributed by atoms with Gasteiger partial charge >= 0.3 is 0 Å². The van der Waals surface area contributed by atoms with Gasteiger partial charge in [0.1, 0.15) is 24.1 Å². The van der Waals surface area contributed by atoms with Crippen LogP contribution in [0.4, 0.5) is 0 Å². The molecule has 33 heavy (non-hydrogen) atoms. The molecular weight excluding hydrogens is 428 g/mol. The summed E-state index contributed by atoms with van der Waals surface area (Å²) < 4.78 is 5.33. The molecule has 2 aromatic rings. The number of benzene rings is 1. The normalized spacial score (nSPS) is 23.6. The molecule has 0 spiro atoms. The number of methoxy groups -OCH3 is 1. The molecule has 176 valence electrons. The fourth-order valence-electron chi connectivity index (χ4n) is 4.84. The number of aliphatic hydroxyl groups excluding tert-OH is 1. The second-order valence-electron chi connectivity index (χ2n) is 8.61. The van der Waals surface area contributed by atoms with E-state index in [9.17, 15) is 24.3 Å². The van der Waals surface area contributed by atoms with E-state index in [1.165, 1.54) is 4.90 Å². The lowest BCUT2D eigenvalue weighted by Gasteiger charge is -2.31. The number of H-pyrrole nitrogens is 1. The first-order valence-electron chi connectivity index (χ1n) is 11.0. The number of hydrogen-bond acceptors (Lipinski definition) is 6. The lowest BCUT2D eigenvalue weighted by Crippen LogP contribution is -2.50. The molecule has 2 saturated heterocycles. The molecule has 0 bridgehead atoms. The summed E-state index contributed by atoms with van der Waals surface area (Å²) in [6.45, 7) is 1.61. The molecule has 0 radical (unpaired) electrons. The molecule has 2 aliphatic rings. The zero-order chi connectivity index (χ0) is 23.7. The van der Waals surface area contributed by atoms with Crippen molar-refractivity contribution in [1.29, 1.82) is 0 Å². The quantitative estimate of drug-likeness (QED) is 0.452. The van der Waals surface area contributed by atoms with Crippen molar-refractivity contribution in [2.75, 3.05) is 20.3 Å². The minimum atomic E-state index is -0.911. The van der Waals surface area contributed by atoms with Crippen LogP contribution in [0.2, 0.25) is 0 Å². The summed E-state index contributed by atoms with van der Waals surface area (Å²) >= 11 is 0. The standard InChI is InChI=1S/C23H28N4O6/c1-12-8-17(26-22(31)16-10-14-15(25-16)4-3-5-20(14)33-2)23(32)27(12)18(19(29)11-28)9-13-6-7-24-21(13)30/h3-5,10,12-13,17-18,25,28H,6-9,11H2,1-2H3,(H,24,30)(H,26,31). The summed E-state index contributed by atoms with van der Waals surface area (Å²) in [5.74, 6) is -1.26. The number of ether oxygens (including phenoxy) is 1. The Kier molecular flexibility index (Phi) is 6.37. The number of aromatic nitrogens is 1. The minimum Gasteiger partial charge on any atom is -0.496 e. The SMILES string of the molecule is COc1cccc2[nH]c(C(=O)NC3CC(C)N(C(CC4CCNC4=O)C(=O)CO)C3=O)cc12. The summed E-state index contributed by atoms with van der Waals surface area (Å²) in [6.07, 6.45) is 1.05. The molecule has 4 unspecified atom stereocenters. The first kappa shape index (κ1) is 22.8. The number of Topliss-reactive ketones (excluding diaryl/α,β-unsaturated/α-hetero) is 1. The van der Waals surface area contributed by atoms with E-state index in [0.29, 0.717) is 30.8 Å². The largest absolute Gasteiger partial charge is 0.496 e. The molecule has 1 aromatic heterocycles. The van der Waals surface area contributed by atoms with E-state index in [2.05, 4.69) is 15.6 Å². The van der Waals surface area contributed by atoms with Crippen LogP contribution in [-0.2, 0) is 14.4 Å². The predicted molar refractivity (Wildman–Crippen MR) is 119 cm³/mol. The third-order valence-corrected chi connectivity index (χ3v) is 6.53. The number of nitrogens with one attached hydrogen (secondary N) is 3. The predicted octanol–water partition coefficient (Wildman–Crippen LogP) is 0.352. The Labute approximate surface area is 190 Å². The highest BCUT2D eigenvalue weighted by molar-refractivity contribution is 6.02. The first-order valence-corrected chi connectivity index (χ1v) is 11.0. The summed E-state index contributed by atoms with van der Waals surface area (Å²) in [6, 6.07) is 5.03. The van der Waals surface area contributed by atoms with Crippen molar-refractivity contribution >= 4 is 34.4 Å². The smallest absolute Gasteiger partial charge is 0.268 e. The van der Waals surface area contributed by atoms with Gasteiger partial charge in [-0.1, -0.05) is 6.07 Å². The zero-order valence-electron chi connectivity index (χ0n) is 18.6. The van der Waals surface area contributed by atoms with Crippen molar-refractivity contribution in [2.24, 2.45) is 5.92 Å². The number of carbonyl (C=O) groups is 4. The van der Waals surface area contributed by atoms with Crippen LogP contribution in [0, 0.1) is 5.92 Å². The monoisotopic (exact) mass is 456 g/mol. The fraction of sp³-hybridized carbons (Fsp3) is 0.478. The maximum Gasteiger partial charge on any atom is 0.268 e. The molecule has 10 heteroatoms. The number of fused-ring (bicyclic) bond motifs is 1. The number of carbonyl (C=O) groups excluding carboxylic acids is 4. The first-order chi connectivity index (χ1) is 15.8. The van der Waals surface area contributed by atoms with Crippen molar-refractivity contribution in [3.63, 3.8) is 0 Å². The molecule has 3 heterocycles. The van der Waals surface area contributed by atoms with Crippen LogP contribution >= 0.6 is 0 Å². The fourth-order valence-corrected chi connectivity index (χ4v) is 4.84. The number of aliphatic hydroxyl groups is 1. The van der Waals surface area contributed by atoms with E-state index in [1.54, 1.807) is 26.2 Å².